The average molecular weight is 663 g/mol. The number of nitrogen functional groups attached to an aromatic ring is 1. The van der Waals surface area contributed by atoms with Crippen molar-refractivity contribution in [1.29, 1.82) is 0 Å². The van der Waals surface area contributed by atoms with Gasteiger partial charge in [0, 0.05) is 24.4 Å². The van der Waals surface area contributed by atoms with E-state index in [2.05, 4.69) is 25.8 Å². The van der Waals surface area contributed by atoms with Crippen molar-refractivity contribution in [3.05, 3.63) is 46.0 Å². The number of imidazole rings is 1. The number of amides is 2. The van der Waals surface area contributed by atoms with Crippen LogP contribution < -0.4 is 20.9 Å². The number of thioether (sulfide) groups is 1. The first-order valence-electron chi connectivity index (χ1n) is 13.3. The largest absolute Gasteiger partial charge is 0.478 e. The molecular weight excluding hydrogens is 634 g/mol. The van der Waals surface area contributed by atoms with Crippen LogP contribution in [0.15, 0.2) is 41.1 Å². The number of fused-ring (bicyclic) bond motifs is 2. The fourth-order valence-electron chi connectivity index (χ4n) is 4.61. The van der Waals surface area contributed by atoms with Gasteiger partial charge in [-0.05, 0) is 38.0 Å². The second-order valence-corrected chi connectivity index (χ2v) is 13.1. The van der Waals surface area contributed by atoms with E-state index in [1.54, 1.807) is 6.33 Å². The Labute approximate surface area is 264 Å². The second kappa shape index (κ2) is 12.5. The number of carboxylic acid groups (broad SMARTS) is 1. The molecule has 0 aromatic carbocycles. The van der Waals surface area contributed by atoms with Crippen molar-refractivity contribution < 1.29 is 33.7 Å². The topological polar surface area (TPSA) is 198 Å². The van der Waals surface area contributed by atoms with Crippen LogP contribution in [0.3, 0.4) is 0 Å². The molecule has 15 nitrogen and oxygen atoms in total. The lowest BCUT2D eigenvalue weighted by Crippen LogP contribution is -2.70. The summed E-state index contributed by atoms with van der Waals surface area (Å²) in [5, 5.41) is 18.3. The van der Waals surface area contributed by atoms with Crippen molar-refractivity contribution in [3.63, 3.8) is 0 Å². The number of aldehydes is 1. The maximum absolute atomic E-state index is 13.4. The average Bonchev–Trinajstić information content (AvgIpc) is 3.56. The smallest absolute Gasteiger partial charge is 0.350 e. The summed E-state index contributed by atoms with van der Waals surface area (Å²) in [6.45, 7) is 4.35. The number of carbonyl (C=O) groups is 4. The number of β-lactam (4-membered cyclic amide) rings is 1. The Kier molecular flexibility index (Phi) is 8.92. The lowest BCUT2D eigenvalue weighted by atomic mass is 10.0. The Morgan fingerprint density at radius 2 is 2.18 bits per heavy atom. The zero-order valence-corrected chi connectivity index (χ0v) is 26.2. The van der Waals surface area contributed by atoms with Crippen molar-refractivity contribution >= 4 is 80.8 Å². The van der Waals surface area contributed by atoms with Gasteiger partial charge in [-0.15, -0.1) is 11.8 Å². The van der Waals surface area contributed by atoms with Gasteiger partial charge in [0.15, 0.2) is 17.1 Å². The molecule has 0 bridgehead atoms. The Morgan fingerprint density at radius 3 is 2.84 bits per heavy atom. The van der Waals surface area contributed by atoms with Crippen LogP contribution in [0.25, 0.3) is 11.2 Å². The second-order valence-electron chi connectivity index (χ2n) is 10.4. The highest BCUT2D eigenvalue weighted by Crippen LogP contribution is 2.40. The summed E-state index contributed by atoms with van der Waals surface area (Å²) in [5.74, 6) is -2.28. The fraction of sp³-hybridized carbons (Fsp3) is 0.385. The molecule has 5 heterocycles. The number of aliphatic carboxylic acids is 1. The number of rotatable bonds is 12. The van der Waals surface area contributed by atoms with Crippen LogP contribution in [0.2, 0.25) is 4.34 Å². The zero-order valence-electron chi connectivity index (χ0n) is 23.8. The molecule has 0 radical (unpaired) electrons. The molecule has 2 atom stereocenters. The number of aromatic nitrogens is 4. The van der Waals surface area contributed by atoms with Gasteiger partial charge in [-0.1, -0.05) is 28.1 Å². The molecule has 2 aliphatic rings. The minimum Gasteiger partial charge on any atom is -0.478 e. The van der Waals surface area contributed by atoms with E-state index in [-0.39, 0.29) is 20.9 Å². The number of likely N-dealkylation sites (N-methyl/N-ethyl adjacent to an activating group) is 1. The number of hydrogen-bond donors (Lipinski definition) is 4. The van der Waals surface area contributed by atoms with E-state index in [4.69, 9.17) is 22.2 Å². The lowest BCUT2D eigenvalue weighted by molar-refractivity contribution is -0.664. The van der Waals surface area contributed by atoms with Gasteiger partial charge in [0.1, 0.15) is 33.5 Å². The number of nitrogens with two attached hydrogens (primary N) is 1. The van der Waals surface area contributed by atoms with Gasteiger partial charge in [0.2, 0.25) is 11.9 Å². The summed E-state index contributed by atoms with van der Waals surface area (Å²) < 4.78 is 3.99. The highest BCUT2D eigenvalue weighted by Gasteiger charge is 2.53. The van der Waals surface area contributed by atoms with E-state index in [9.17, 15) is 24.3 Å². The molecule has 232 valence electrons. The molecule has 0 saturated carbocycles. The van der Waals surface area contributed by atoms with Crippen LogP contribution >= 0.6 is 34.7 Å². The van der Waals surface area contributed by atoms with Gasteiger partial charge in [-0.3, -0.25) is 19.3 Å². The van der Waals surface area contributed by atoms with Crippen LogP contribution in [0.5, 0.6) is 0 Å². The normalized spacial score (nSPS) is 18.7. The Morgan fingerprint density at radius 1 is 1.41 bits per heavy atom. The predicted octanol–water partition coefficient (Wildman–Crippen LogP) is 0.372. The molecule has 3 aromatic rings. The molecule has 1 fully saturated rings. The molecular formula is C26H29ClN9O6S2+. The minimum atomic E-state index is -1.78. The third kappa shape index (κ3) is 5.87. The lowest BCUT2D eigenvalue weighted by Gasteiger charge is -2.49. The van der Waals surface area contributed by atoms with E-state index in [1.807, 2.05) is 34.5 Å². The van der Waals surface area contributed by atoms with E-state index >= 15 is 0 Å². The quantitative estimate of drug-likeness (QED) is 0.0687. The first-order valence-corrected chi connectivity index (χ1v) is 15.5. The van der Waals surface area contributed by atoms with E-state index in [1.165, 1.54) is 30.5 Å². The van der Waals surface area contributed by atoms with Gasteiger partial charge in [0.05, 0.1) is 11.9 Å². The van der Waals surface area contributed by atoms with Crippen molar-refractivity contribution in [3.8, 4) is 0 Å². The molecule has 2 aliphatic heterocycles. The van der Waals surface area contributed by atoms with E-state index in [0.717, 1.165) is 41.2 Å². The number of nitrogens with zero attached hydrogens (tertiary/aromatic N) is 6. The Balaban J connectivity index is 1.36. The third-order valence-corrected chi connectivity index (χ3v) is 9.45. The maximum atomic E-state index is 13.4. The van der Waals surface area contributed by atoms with Gasteiger partial charge < -0.3 is 30.9 Å². The van der Waals surface area contributed by atoms with Gasteiger partial charge in [-0.2, -0.15) is 0 Å². The maximum Gasteiger partial charge on any atom is 0.350 e. The highest BCUT2D eigenvalue weighted by molar-refractivity contribution is 8.00. The first-order chi connectivity index (χ1) is 21.0. The number of carboxylic acids is 1. The third-order valence-electron chi connectivity index (χ3n) is 7.03. The highest BCUT2D eigenvalue weighted by atomic mass is 35.5. The molecule has 2 unspecified atom stereocenters. The van der Waals surface area contributed by atoms with Crippen molar-refractivity contribution in [1.82, 2.24) is 30.1 Å². The number of halogens is 1. The number of thiazole rings is 1. The van der Waals surface area contributed by atoms with Crippen LogP contribution in [-0.2, 0) is 37.1 Å². The molecule has 0 spiro atoms. The van der Waals surface area contributed by atoms with E-state index in [0.29, 0.717) is 18.6 Å². The molecule has 3 aromatic heterocycles. The Bertz CT molecular complexity index is 1720. The van der Waals surface area contributed by atoms with E-state index < -0.39 is 40.5 Å². The molecule has 44 heavy (non-hydrogen) atoms. The molecule has 2 amide bonds. The summed E-state index contributed by atoms with van der Waals surface area (Å²) in [7, 11) is 1.88. The molecule has 5 N–H and O–H groups in total. The van der Waals surface area contributed by atoms with Crippen LogP contribution in [-0.4, -0.2) is 90.7 Å². The van der Waals surface area contributed by atoms with Gasteiger partial charge in [0.25, 0.3) is 11.8 Å². The standard InChI is InChI=1S/C26H28ClN9O6S2/c1-26(2,24(40)41)42-33-17(16-19(27)44-25(28)32-16)21(38)31-18-22(39)36-15(10-37)13(11-43-23(18)36)9-34-7-4-5-14-20(34)30-12-35(14)8-6-29-3/h4-5,7,10,12,18,23,29H,6,8-9,11H2,1-3H3,(H3-,28,31,32,38,40,41)/p+1/b33-17-. The van der Waals surface area contributed by atoms with Gasteiger partial charge >= 0.3 is 11.6 Å². The predicted molar refractivity (Wildman–Crippen MR) is 163 cm³/mol. The number of allylic oxidation sites excluding steroid dienone is 1. The number of anilines is 1. The summed E-state index contributed by atoms with van der Waals surface area (Å²) in [6, 6.07) is 2.87. The zero-order chi connectivity index (χ0) is 31.8. The molecule has 5 rings (SSSR count). The van der Waals surface area contributed by atoms with Crippen molar-refractivity contribution in [2.24, 2.45) is 5.16 Å². The molecule has 1 saturated heterocycles. The SMILES string of the molecule is CNCCn1cnc2c1ccc[n+]2CC1=C(C=O)N2C(=O)C(NC(=O)/C(=N\OC(C)(C)C(=O)O)c3nc(N)sc3Cl)C2SC1. The summed E-state index contributed by atoms with van der Waals surface area (Å²) in [5.41, 5.74) is 6.04. The fourth-order valence-corrected chi connectivity index (χ4v) is 6.89. The number of hydrogen-bond acceptors (Lipinski definition) is 12. The Hall–Kier alpha value is -4.06. The summed E-state index contributed by atoms with van der Waals surface area (Å²) >= 11 is 8.48. The van der Waals surface area contributed by atoms with Crippen LogP contribution in [0, 0.1) is 0 Å². The van der Waals surface area contributed by atoms with Gasteiger partial charge in [-0.25, -0.2) is 14.3 Å². The summed E-state index contributed by atoms with van der Waals surface area (Å²) in [6.07, 6.45) is 4.29. The number of oxime groups is 1. The first kappa shape index (κ1) is 31.4. The summed E-state index contributed by atoms with van der Waals surface area (Å²) in [4.78, 5) is 65.6. The van der Waals surface area contributed by atoms with Crippen molar-refractivity contribution in [2.45, 2.75) is 44.0 Å². The van der Waals surface area contributed by atoms with Crippen LogP contribution in [0.1, 0.15) is 19.5 Å². The monoisotopic (exact) mass is 662 g/mol. The van der Waals surface area contributed by atoms with Crippen molar-refractivity contribution in [2.75, 3.05) is 25.1 Å². The van der Waals surface area contributed by atoms with Crippen LogP contribution in [0.4, 0.5) is 5.13 Å². The minimum absolute atomic E-state index is 0.0249. The number of nitrogens with one attached hydrogen (secondary N) is 2. The number of pyridine rings is 1. The molecule has 0 aliphatic carbocycles. The number of carbonyl (C=O) groups excluding carboxylic acids is 3. The molecule has 18 heteroatoms.